The summed E-state index contributed by atoms with van der Waals surface area (Å²) in [6.07, 6.45) is 0. The second-order valence-electron chi connectivity index (χ2n) is 8.49. The maximum Gasteiger partial charge on any atom is 0.259 e. The van der Waals surface area contributed by atoms with Gasteiger partial charge in [-0.3, -0.25) is 9.59 Å². The minimum Gasteiger partial charge on any atom is -0.455 e. The first kappa shape index (κ1) is 21.9. The highest BCUT2D eigenvalue weighted by molar-refractivity contribution is 6.11. The fourth-order valence-corrected chi connectivity index (χ4v) is 4.35. The molecule has 0 spiro atoms. The zero-order valence-electron chi connectivity index (χ0n) is 19.3. The van der Waals surface area contributed by atoms with E-state index in [4.69, 9.17) is 9.15 Å². The monoisotopic (exact) mass is 454 g/mol. The smallest absolute Gasteiger partial charge is 0.259 e. The van der Waals surface area contributed by atoms with E-state index in [1.807, 2.05) is 49.4 Å². The molecule has 3 aromatic carbocycles. The lowest BCUT2D eigenvalue weighted by Gasteiger charge is -2.29. The van der Waals surface area contributed by atoms with Crippen LogP contribution in [0.3, 0.4) is 0 Å². The van der Waals surface area contributed by atoms with Gasteiger partial charge in [0.2, 0.25) is 0 Å². The molecule has 1 amide bonds. The molecule has 1 fully saturated rings. The van der Waals surface area contributed by atoms with Gasteiger partial charge in [0.1, 0.15) is 5.76 Å². The van der Waals surface area contributed by atoms with Crippen molar-refractivity contribution in [3.05, 3.63) is 93.6 Å². The van der Waals surface area contributed by atoms with Gasteiger partial charge in [-0.1, -0.05) is 36.4 Å². The molecule has 172 valence electrons. The summed E-state index contributed by atoms with van der Waals surface area (Å²) in [5, 5.41) is 3.39. The maximum atomic E-state index is 13.3. The second-order valence-corrected chi connectivity index (χ2v) is 8.49. The Labute approximate surface area is 197 Å². The Morgan fingerprint density at radius 1 is 0.941 bits per heavy atom. The van der Waals surface area contributed by atoms with E-state index in [2.05, 4.69) is 16.3 Å². The number of nitrogens with zero attached hydrogens (tertiary/aromatic N) is 1. The predicted molar refractivity (Wildman–Crippen MR) is 135 cm³/mol. The normalized spacial score (nSPS) is 13.8. The summed E-state index contributed by atoms with van der Waals surface area (Å²) in [5.74, 6) is 0.156. The molecular formula is C28H26N2O4. The van der Waals surface area contributed by atoms with E-state index in [0.29, 0.717) is 35.5 Å². The molecule has 0 unspecified atom stereocenters. The van der Waals surface area contributed by atoms with E-state index in [0.717, 1.165) is 35.6 Å². The highest BCUT2D eigenvalue weighted by Gasteiger charge is 2.19. The van der Waals surface area contributed by atoms with Crippen LogP contribution < -0.4 is 15.6 Å². The average molecular weight is 455 g/mol. The molecule has 34 heavy (non-hydrogen) atoms. The summed E-state index contributed by atoms with van der Waals surface area (Å²) in [6, 6.07) is 20.5. The molecule has 2 heterocycles. The number of aryl methyl sites for hydroxylation is 1. The van der Waals surface area contributed by atoms with Gasteiger partial charge < -0.3 is 19.4 Å². The predicted octanol–water partition coefficient (Wildman–Crippen LogP) is 5.17. The molecule has 0 radical (unpaired) electrons. The van der Waals surface area contributed by atoms with E-state index in [9.17, 15) is 9.59 Å². The number of carbonyl (C=O) groups is 1. The lowest BCUT2D eigenvalue weighted by atomic mass is 10.0. The fourth-order valence-electron chi connectivity index (χ4n) is 4.35. The van der Waals surface area contributed by atoms with E-state index in [1.54, 1.807) is 25.1 Å². The van der Waals surface area contributed by atoms with Gasteiger partial charge in [0, 0.05) is 35.6 Å². The van der Waals surface area contributed by atoms with Gasteiger partial charge in [-0.25, -0.2) is 0 Å². The number of ether oxygens (including phenoxy) is 1. The van der Waals surface area contributed by atoms with Crippen LogP contribution in [0.5, 0.6) is 0 Å². The molecule has 0 aliphatic carbocycles. The van der Waals surface area contributed by atoms with Gasteiger partial charge >= 0.3 is 0 Å². The zero-order valence-corrected chi connectivity index (χ0v) is 19.3. The molecule has 1 aromatic heterocycles. The maximum absolute atomic E-state index is 13.3. The third kappa shape index (κ3) is 4.08. The Kier molecular flexibility index (Phi) is 5.90. The molecule has 1 aliphatic heterocycles. The Morgan fingerprint density at radius 3 is 2.44 bits per heavy atom. The van der Waals surface area contributed by atoms with Crippen LogP contribution in [-0.2, 0) is 4.74 Å². The lowest BCUT2D eigenvalue weighted by Crippen LogP contribution is -2.36. The highest BCUT2D eigenvalue weighted by atomic mass is 16.5. The Hall–Kier alpha value is -3.90. The minimum absolute atomic E-state index is 0.138. The van der Waals surface area contributed by atoms with E-state index in [1.165, 1.54) is 0 Å². The van der Waals surface area contributed by atoms with Crippen LogP contribution in [0.15, 0.2) is 75.9 Å². The van der Waals surface area contributed by atoms with Gasteiger partial charge in [0.25, 0.3) is 5.91 Å². The van der Waals surface area contributed by atoms with Gasteiger partial charge in [-0.15, -0.1) is 0 Å². The third-order valence-electron chi connectivity index (χ3n) is 6.26. The third-order valence-corrected chi connectivity index (χ3v) is 6.26. The number of anilines is 2. The molecule has 6 heteroatoms. The molecule has 0 saturated carbocycles. The topological polar surface area (TPSA) is 71.8 Å². The quantitative estimate of drug-likeness (QED) is 0.461. The molecule has 0 atom stereocenters. The van der Waals surface area contributed by atoms with Crippen LogP contribution in [0, 0.1) is 13.8 Å². The summed E-state index contributed by atoms with van der Waals surface area (Å²) in [5.41, 5.74) is 4.57. The molecule has 4 aromatic rings. The lowest BCUT2D eigenvalue weighted by molar-refractivity contribution is 0.102. The van der Waals surface area contributed by atoms with Crippen molar-refractivity contribution < 1.29 is 13.9 Å². The molecular weight excluding hydrogens is 428 g/mol. The van der Waals surface area contributed by atoms with Crippen LogP contribution >= 0.6 is 0 Å². The van der Waals surface area contributed by atoms with Gasteiger partial charge in [-0.05, 0) is 49.7 Å². The summed E-state index contributed by atoms with van der Waals surface area (Å²) in [4.78, 5) is 28.7. The van der Waals surface area contributed by atoms with Crippen LogP contribution in [0.4, 0.5) is 11.4 Å². The number of nitrogens with one attached hydrogen (secondary N) is 1. The van der Waals surface area contributed by atoms with Crippen LogP contribution in [0.2, 0.25) is 0 Å². The molecule has 6 nitrogen and oxygen atoms in total. The van der Waals surface area contributed by atoms with Gasteiger partial charge in [-0.2, -0.15) is 0 Å². The molecule has 5 rings (SSSR count). The van der Waals surface area contributed by atoms with Crippen molar-refractivity contribution >= 4 is 28.3 Å². The van der Waals surface area contributed by atoms with E-state index < -0.39 is 0 Å². The van der Waals surface area contributed by atoms with E-state index in [-0.39, 0.29) is 16.9 Å². The fraction of sp³-hybridized carbons (Fsp3) is 0.214. The van der Waals surface area contributed by atoms with Crippen molar-refractivity contribution in [3.63, 3.8) is 0 Å². The largest absolute Gasteiger partial charge is 0.455 e. The van der Waals surface area contributed by atoms with Crippen molar-refractivity contribution in [2.45, 2.75) is 13.8 Å². The number of para-hydroxylation sites is 1. The zero-order chi connectivity index (χ0) is 23.7. The number of hydrogen-bond donors (Lipinski definition) is 1. The SMILES string of the molecule is Cc1cc(N2CCOCC2)ccc1NC(=O)c1cccc2c(=O)c(C)c(-c3ccccc3)oc12. The van der Waals surface area contributed by atoms with Gasteiger partial charge in [0.05, 0.1) is 24.2 Å². The number of fused-ring (bicyclic) bond motifs is 1. The number of rotatable bonds is 4. The first-order chi connectivity index (χ1) is 16.5. The first-order valence-electron chi connectivity index (χ1n) is 11.4. The summed E-state index contributed by atoms with van der Waals surface area (Å²) in [6.45, 7) is 6.86. The summed E-state index contributed by atoms with van der Waals surface area (Å²) < 4.78 is 11.6. The molecule has 1 N–H and O–H groups in total. The number of benzene rings is 3. The minimum atomic E-state index is -0.321. The van der Waals surface area contributed by atoms with Crippen molar-refractivity contribution in [1.29, 1.82) is 0 Å². The number of amides is 1. The Balaban J connectivity index is 1.50. The molecule has 1 aliphatic rings. The average Bonchev–Trinajstić information content (AvgIpc) is 2.88. The summed E-state index contributed by atoms with van der Waals surface area (Å²) >= 11 is 0. The number of hydrogen-bond acceptors (Lipinski definition) is 5. The number of carbonyl (C=O) groups excluding carboxylic acids is 1. The van der Waals surface area contributed by atoms with E-state index >= 15 is 0 Å². The van der Waals surface area contributed by atoms with Crippen molar-refractivity contribution in [3.8, 4) is 11.3 Å². The Morgan fingerprint density at radius 2 is 1.71 bits per heavy atom. The molecule has 0 bridgehead atoms. The Bertz CT molecular complexity index is 1420. The van der Waals surface area contributed by atoms with Crippen molar-refractivity contribution in [2.75, 3.05) is 36.5 Å². The van der Waals surface area contributed by atoms with Crippen molar-refractivity contribution in [1.82, 2.24) is 0 Å². The van der Waals surface area contributed by atoms with Crippen LogP contribution in [0.25, 0.3) is 22.3 Å². The van der Waals surface area contributed by atoms with Crippen LogP contribution in [-0.4, -0.2) is 32.2 Å². The van der Waals surface area contributed by atoms with Crippen molar-refractivity contribution in [2.24, 2.45) is 0 Å². The second kappa shape index (κ2) is 9.15. The summed E-state index contributed by atoms with van der Waals surface area (Å²) in [7, 11) is 0. The molecule has 1 saturated heterocycles. The standard InChI is InChI=1S/C28H26N2O4/c1-18-17-21(30-13-15-33-16-14-30)11-12-24(18)29-28(32)23-10-6-9-22-25(31)19(2)26(34-27(22)23)20-7-4-3-5-8-20/h3-12,17H,13-16H2,1-2H3,(H,29,32). The van der Waals surface area contributed by atoms with Gasteiger partial charge in [0.15, 0.2) is 11.0 Å². The van der Waals surface area contributed by atoms with Crippen LogP contribution in [0.1, 0.15) is 21.5 Å². The first-order valence-corrected chi connectivity index (χ1v) is 11.4. The number of morpholine rings is 1. The highest BCUT2D eigenvalue weighted by Crippen LogP contribution is 2.29.